The molecule has 0 N–H and O–H groups in total. The van der Waals surface area contributed by atoms with E-state index in [1.165, 1.54) is 34.8 Å². The van der Waals surface area contributed by atoms with Crippen LogP contribution in [0.15, 0.2) is 24.3 Å². The fourth-order valence-corrected chi connectivity index (χ4v) is 4.04. The van der Waals surface area contributed by atoms with Crippen molar-refractivity contribution in [3.05, 3.63) is 33.4 Å². The standard InChI is InChI=1S/C14H17ClIN/c15-11-7-13-5-6-14(8-11)17(13)9-10-1-3-12(16)4-2-10/h1-4,11,13-14H,5-9H2. The van der Waals surface area contributed by atoms with Gasteiger partial charge in [-0.2, -0.15) is 0 Å². The summed E-state index contributed by atoms with van der Waals surface area (Å²) in [5.41, 5.74) is 1.44. The van der Waals surface area contributed by atoms with Crippen molar-refractivity contribution in [3.63, 3.8) is 0 Å². The van der Waals surface area contributed by atoms with Crippen molar-refractivity contribution in [1.82, 2.24) is 4.90 Å². The van der Waals surface area contributed by atoms with Gasteiger partial charge in [-0.3, -0.25) is 4.90 Å². The molecule has 2 atom stereocenters. The molecule has 2 heterocycles. The molecular formula is C14H17ClIN. The normalized spacial score (nSPS) is 32.9. The van der Waals surface area contributed by atoms with Crippen molar-refractivity contribution in [2.75, 3.05) is 0 Å². The minimum Gasteiger partial charge on any atom is -0.293 e. The summed E-state index contributed by atoms with van der Waals surface area (Å²) in [7, 11) is 0. The predicted molar refractivity (Wildman–Crippen MR) is 80.4 cm³/mol. The fourth-order valence-electron chi connectivity index (χ4n) is 3.27. The van der Waals surface area contributed by atoms with Gasteiger partial charge in [0.2, 0.25) is 0 Å². The fraction of sp³-hybridized carbons (Fsp3) is 0.571. The van der Waals surface area contributed by atoms with E-state index < -0.39 is 0 Å². The Bertz CT molecular complexity index is 378. The molecule has 2 unspecified atom stereocenters. The number of nitrogens with zero attached hydrogens (tertiary/aromatic N) is 1. The SMILES string of the molecule is ClC1CC2CCC(C1)N2Cc1ccc(I)cc1. The first kappa shape index (κ1) is 12.2. The highest BCUT2D eigenvalue weighted by molar-refractivity contribution is 14.1. The molecular weight excluding hydrogens is 345 g/mol. The zero-order valence-corrected chi connectivity index (χ0v) is 12.7. The molecule has 3 heteroatoms. The number of fused-ring (bicyclic) bond motifs is 2. The number of halogens is 2. The van der Waals surface area contributed by atoms with Gasteiger partial charge in [-0.05, 0) is 66.0 Å². The summed E-state index contributed by atoms with van der Waals surface area (Å²) in [5.74, 6) is 0. The van der Waals surface area contributed by atoms with Crippen molar-refractivity contribution < 1.29 is 0 Å². The smallest absolute Gasteiger partial charge is 0.0365 e. The first-order valence-electron chi connectivity index (χ1n) is 6.36. The average Bonchev–Trinajstić information content (AvgIpc) is 2.56. The van der Waals surface area contributed by atoms with Gasteiger partial charge in [-0.1, -0.05) is 12.1 Å². The second-order valence-electron chi connectivity index (χ2n) is 5.25. The largest absolute Gasteiger partial charge is 0.293 e. The van der Waals surface area contributed by atoms with Gasteiger partial charge < -0.3 is 0 Å². The van der Waals surface area contributed by atoms with Crippen LogP contribution in [0.1, 0.15) is 31.2 Å². The van der Waals surface area contributed by atoms with Crippen LogP contribution in [0.25, 0.3) is 0 Å². The van der Waals surface area contributed by atoms with Gasteiger partial charge in [0.25, 0.3) is 0 Å². The second kappa shape index (κ2) is 5.06. The molecule has 2 fully saturated rings. The summed E-state index contributed by atoms with van der Waals surface area (Å²) in [6, 6.07) is 10.4. The summed E-state index contributed by atoms with van der Waals surface area (Å²) in [4.78, 5) is 2.68. The number of alkyl halides is 1. The number of hydrogen-bond donors (Lipinski definition) is 0. The van der Waals surface area contributed by atoms with E-state index in [4.69, 9.17) is 11.6 Å². The molecule has 0 aliphatic carbocycles. The quantitative estimate of drug-likeness (QED) is 0.568. The Morgan fingerprint density at radius 3 is 2.29 bits per heavy atom. The molecule has 0 amide bonds. The third-order valence-corrected chi connectivity index (χ3v) is 5.18. The summed E-state index contributed by atoms with van der Waals surface area (Å²) >= 11 is 8.67. The average molecular weight is 362 g/mol. The zero-order chi connectivity index (χ0) is 11.8. The number of benzene rings is 1. The molecule has 1 aromatic carbocycles. The van der Waals surface area contributed by atoms with Gasteiger partial charge in [0.05, 0.1) is 0 Å². The molecule has 1 aromatic rings. The Hall–Kier alpha value is 0.200. The molecule has 92 valence electrons. The lowest BCUT2D eigenvalue weighted by atomic mass is 10.0. The molecule has 2 aliphatic heterocycles. The maximum absolute atomic E-state index is 6.31. The van der Waals surface area contributed by atoms with Crippen LogP contribution in [-0.4, -0.2) is 22.4 Å². The second-order valence-corrected chi connectivity index (χ2v) is 7.12. The first-order valence-corrected chi connectivity index (χ1v) is 7.88. The molecule has 17 heavy (non-hydrogen) atoms. The van der Waals surface area contributed by atoms with Crippen molar-refractivity contribution in [2.24, 2.45) is 0 Å². The maximum Gasteiger partial charge on any atom is 0.0365 e. The zero-order valence-electron chi connectivity index (χ0n) is 9.78. The van der Waals surface area contributed by atoms with Gasteiger partial charge in [0.15, 0.2) is 0 Å². The highest BCUT2D eigenvalue weighted by atomic mass is 127. The van der Waals surface area contributed by atoms with E-state index in [0.717, 1.165) is 18.6 Å². The molecule has 0 aromatic heterocycles. The summed E-state index contributed by atoms with van der Waals surface area (Å²) in [5, 5.41) is 0.417. The monoisotopic (exact) mass is 361 g/mol. The van der Waals surface area contributed by atoms with E-state index >= 15 is 0 Å². The van der Waals surface area contributed by atoms with Crippen LogP contribution in [-0.2, 0) is 6.54 Å². The number of rotatable bonds is 2. The van der Waals surface area contributed by atoms with E-state index in [1.54, 1.807) is 0 Å². The van der Waals surface area contributed by atoms with Crippen LogP contribution in [0, 0.1) is 3.57 Å². The third kappa shape index (κ3) is 2.64. The minimum atomic E-state index is 0.417. The summed E-state index contributed by atoms with van der Waals surface area (Å²) in [6.07, 6.45) is 5.06. The summed E-state index contributed by atoms with van der Waals surface area (Å²) < 4.78 is 1.31. The molecule has 0 saturated carbocycles. The molecule has 2 saturated heterocycles. The molecule has 1 nitrogen and oxygen atoms in total. The Morgan fingerprint density at radius 2 is 1.71 bits per heavy atom. The van der Waals surface area contributed by atoms with E-state index in [9.17, 15) is 0 Å². The summed E-state index contributed by atoms with van der Waals surface area (Å²) in [6.45, 7) is 1.11. The lowest BCUT2D eigenvalue weighted by Gasteiger charge is -2.37. The molecule has 3 rings (SSSR count). The van der Waals surface area contributed by atoms with Crippen LogP contribution in [0.2, 0.25) is 0 Å². The maximum atomic E-state index is 6.31. The van der Waals surface area contributed by atoms with Crippen LogP contribution >= 0.6 is 34.2 Å². The topological polar surface area (TPSA) is 3.24 Å². The van der Waals surface area contributed by atoms with Gasteiger partial charge in [-0.25, -0.2) is 0 Å². The third-order valence-electron chi connectivity index (χ3n) is 4.11. The van der Waals surface area contributed by atoms with Crippen molar-refractivity contribution >= 4 is 34.2 Å². The molecule has 2 aliphatic rings. The number of hydrogen-bond acceptors (Lipinski definition) is 1. The molecule has 0 spiro atoms. The van der Waals surface area contributed by atoms with E-state index in [-0.39, 0.29) is 0 Å². The lowest BCUT2D eigenvalue weighted by molar-refractivity contribution is 0.134. The van der Waals surface area contributed by atoms with E-state index in [2.05, 4.69) is 51.8 Å². The van der Waals surface area contributed by atoms with Crippen molar-refractivity contribution in [2.45, 2.75) is 49.7 Å². The first-order chi connectivity index (χ1) is 8.22. The Morgan fingerprint density at radius 1 is 1.12 bits per heavy atom. The highest BCUT2D eigenvalue weighted by Crippen LogP contribution is 2.38. The minimum absolute atomic E-state index is 0.417. The Labute approximate surface area is 122 Å². The van der Waals surface area contributed by atoms with Gasteiger partial charge in [0, 0.05) is 27.6 Å². The predicted octanol–water partition coefficient (Wildman–Crippen LogP) is 4.03. The van der Waals surface area contributed by atoms with Gasteiger partial charge in [0.1, 0.15) is 0 Å². The Kier molecular flexibility index (Phi) is 3.64. The van der Waals surface area contributed by atoms with Gasteiger partial charge in [-0.15, -0.1) is 11.6 Å². The van der Waals surface area contributed by atoms with E-state index in [1.807, 2.05) is 0 Å². The van der Waals surface area contributed by atoms with Crippen LogP contribution in [0.5, 0.6) is 0 Å². The van der Waals surface area contributed by atoms with Crippen LogP contribution in [0.3, 0.4) is 0 Å². The van der Waals surface area contributed by atoms with Gasteiger partial charge >= 0.3 is 0 Å². The molecule has 0 radical (unpaired) electrons. The Balaban J connectivity index is 1.72. The van der Waals surface area contributed by atoms with Crippen LogP contribution in [0.4, 0.5) is 0 Å². The lowest BCUT2D eigenvalue weighted by Crippen LogP contribution is -2.42. The van der Waals surface area contributed by atoms with Crippen LogP contribution < -0.4 is 0 Å². The van der Waals surface area contributed by atoms with Crippen molar-refractivity contribution in [1.29, 1.82) is 0 Å². The number of piperidine rings is 1. The van der Waals surface area contributed by atoms with Crippen molar-refractivity contribution in [3.8, 4) is 0 Å². The van der Waals surface area contributed by atoms with E-state index in [0.29, 0.717) is 5.38 Å². The highest BCUT2D eigenvalue weighted by Gasteiger charge is 2.39. The molecule has 2 bridgehead atoms.